The Morgan fingerprint density at radius 1 is 1.58 bits per heavy atom. The first kappa shape index (κ1) is 9.20. The van der Waals surface area contributed by atoms with Crippen molar-refractivity contribution in [1.29, 1.82) is 5.26 Å². The molecule has 0 bridgehead atoms. The van der Waals surface area contributed by atoms with Crippen LogP contribution in [0.25, 0.3) is 0 Å². The number of rotatable bonds is 4. The Labute approximate surface area is 75.3 Å². The molecule has 3 nitrogen and oxygen atoms in total. The lowest BCUT2D eigenvalue weighted by Crippen LogP contribution is -2.16. The maximum Gasteiger partial charge on any atom is 0.110 e. The van der Waals surface area contributed by atoms with Gasteiger partial charge in [0.05, 0.1) is 6.61 Å². The second-order valence-corrected chi connectivity index (χ2v) is 3.45. The summed E-state index contributed by atoms with van der Waals surface area (Å²) in [6.45, 7) is 1.48. The van der Waals surface area contributed by atoms with Crippen molar-refractivity contribution in [2.45, 2.75) is 6.54 Å². The van der Waals surface area contributed by atoms with Gasteiger partial charge in [0, 0.05) is 18.0 Å². The molecule has 1 aromatic heterocycles. The molecular weight excluding hydrogens is 172 g/mol. The monoisotopic (exact) mass is 182 g/mol. The van der Waals surface area contributed by atoms with E-state index < -0.39 is 0 Å². The number of thiophene rings is 1. The van der Waals surface area contributed by atoms with Crippen LogP contribution in [0.3, 0.4) is 0 Å². The van der Waals surface area contributed by atoms with Gasteiger partial charge in [-0.25, -0.2) is 0 Å². The fourth-order valence-electron chi connectivity index (χ4n) is 0.824. The van der Waals surface area contributed by atoms with E-state index in [2.05, 4.69) is 11.4 Å². The van der Waals surface area contributed by atoms with Crippen LogP contribution in [0.1, 0.15) is 9.75 Å². The Hall–Kier alpha value is -0.890. The summed E-state index contributed by atoms with van der Waals surface area (Å²) in [6, 6.07) is 5.81. The highest BCUT2D eigenvalue weighted by Crippen LogP contribution is 2.14. The lowest BCUT2D eigenvalue weighted by atomic mass is 10.4. The van der Waals surface area contributed by atoms with Gasteiger partial charge in [-0.05, 0) is 12.1 Å². The quantitative estimate of drug-likeness (QED) is 0.674. The number of nitrogens with one attached hydrogen (secondary N) is 1. The van der Waals surface area contributed by atoms with Crippen molar-refractivity contribution in [2.24, 2.45) is 0 Å². The van der Waals surface area contributed by atoms with Crippen LogP contribution in [0.15, 0.2) is 12.1 Å². The molecule has 12 heavy (non-hydrogen) atoms. The van der Waals surface area contributed by atoms with Gasteiger partial charge in [-0.1, -0.05) is 0 Å². The Morgan fingerprint density at radius 3 is 3.00 bits per heavy atom. The van der Waals surface area contributed by atoms with Crippen LogP contribution in [-0.4, -0.2) is 18.3 Å². The zero-order chi connectivity index (χ0) is 8.81. The molecule has 0 radical (unpaired) electrons. The minimum Gasteiger partial charge on any atom is -0.395 e. The summed E-state index contributed by atoms with van der Waals surface area (Å²) in [7, 11) is 0. The third-order valence-electron chi connectivity index (χ3n) is 1.36. The van der Waals surface area contributed by atoms with Crippen molar-refractivity contribution in [3.05, 3.63) is 21.9 Å². The van der Waals surface area contributed by atoms with Gasteiger partial charge in [-0.15, -0.1) is 11.3 Å². The normalized spacial score (nSPS) is 9.67. The molecule has 0 aliphatic rings. The van der Waals surface area contributed by atoms with E-state index in [1.807, 2.05) is 6.07 Å². The van der Waals surface area contributed by atoms with Gasteiger partial charge in [-0.2, -0.15) is 5.26 Å². The number of hydrogen-bond acceptors (Lipinski definition) is 4. The third-order valence-corrected chi connectivity index (χ3v) is 2.35. The Balaban J connectivity index is 2.38. The molecule has 0 spiro atoms. The predicted molar refractivity (Wildman–Crippen MR) is 47.8 cm³/mol. The smallest absolute Gasteiger partial charge is 0.110 e. The number of hydrogen-bond donors (Lipinski definition) is 2. The lowest BCUT2D eigenvalue weighted by molar-refractivity contribution is 0.292. The molecule has 0 atom stereocenters. The van der Waals surface area contributed by atoms with E-state index in [1.165, 1.54) is 11.3 Å². The van der Waals surface area contributed by atoms with Gasteiger partial charge in [0.1, 0.15) is 10.9 Å². The number of nitrogens with zero attached hydrogens (tertiary/aromatic N) is 1. The standard InChI is InChI=1S/C8H10N2OS/c9-5-7-1-2-8(12-7)6-10-3-4-11/h1-2,10-11H,3-4,6H2. The highest BCUT2D eigenvalue weighted by Gasteiger charge is 1.97. The van der Waals surface area contributed by atoms with Crippen LogP contribution in [0, 0.1) is 11.3 Å². The fourth-order valence-corrected chi connectivity index (χ4v) is 1.60. The number of aliphatic hydroxyl groups is 1. The molecular formula is C8H10N2OS. The summed E-state index contributed by atoms with van der Waals surface area (Å²) in [5.41, 5.74) is 0. The molecule has 1 aromatic rings. The Kier molecular flexibility index (Phi) is 3.74. The second kappa shape index (κ2) is 4.88. The Bertz CT molecular complexity index is 277. The highest BCUT2D eigenvalue weighted by molar-refractivity contribution is 7.12. The van der Waals surface area contributed by atoms with Gasteiger partial charge in [0.15, 0.2) is 0 Å². The van der Waals surface area contributed by atoms with Gasteiger partial charge in [0.2, 0.25) is 0 Å². The van der Waals surface area contributed by atoms with E-state index in [1.54, 1.807) is 6.07 Å². The van der Waals surface area contributed by atoms with Crippen LogP contribution in [0.4, 0.5) is 0 Å². The summed E-state index contributed by atoms with van der Waals surface area (Å²) in [5.74, 6) is 0. The topological polar surface area (TPSA) is 56.0 Å². The van der Waals surface area contributed by atoms with Crippen molar-refractivity contribution >= 4 is 11.3 Å². The highest BCUT2D eigenvalue weighted by atomic mass is 32.1. The molecule has 0 unspecified atom stereocenters. The molecule has 1 heterocycles. The van der Waals surface area contributed by atoms with Crippen molar-refractivity contribution in [3.8, 4) is 6.07 Å². The van der Waals surface area contributed by atoms with Gasteiger partial charge < -0.3 is 10.4 Å². The molecule has 0 saturated heterocycles. The van der Waals surface area contributed by atoms with E-state index in [9.17, 15) is 0 Å². The van der Waals surface area contributed by atoms with Crippen molar-refractivity contribution in [3.63, 3.8) is 0 Å². The van der Waals surface area contributed by atoms with Gasteiger partial charge >= 0.3 is 0 Å². The largest absolute Gasteiger partial charge is 0.395 e. The van der Waals surface area contributed by atoms with E-state index in [0.29, 0.717) is 6.54 Å². The second-order valence-electron chi connectivity index (χ2n) is 2.28. The molecule has 64 valence electrons. The number of aliphatic hydroxyl groups excluding tert-OH is 1. The molecule has 0 aliphatic carbocycles. The van der Waals surface area contributed by atoms with E-state index in [-0.39, 0.29) is 6.61 Å². The maximum absolute atomic E-state index is 8.52. The molecule has 0 aliphatic heterocycles. The van der Waals surface area contributed by atoms with E-state index in [4.69, 9.17) is 10.4 Å². The van der Waals surface area contributed by atoms with Crippen LogP contribution < -0.4 is 5.32 Å². The van der Waals surface area contributed by atoms with Gasteiger partial charge in [0.25, 0.3) is 0 Å². The van der Waals surface area contributed by atoms with Crippen LogP contribution in [0.2, 0.25) is 0 Å². The zero-order valence-corrected chi connectivity index (χ0v) is 7.40. The summed E-state index contributed by atoms with van der Waals surface area (Å²) < 4.78 is 0. The summed E-state index contributed by atoms with van der Waals surface area (Å²) in [4.78, 5) is 1.86. The fraction of sp³-hybridized carbons (Fsp3) is 0.375. The Morgan fingerprint density at radius 2 is 2.42 bits per heavy atom. The van der Waals surface area contributed by atoms with E-state index in [0.717, 1.165) is 16.3 Å². The summed E-state index contributed by atoms with van der Waals surface area (Å²) in [5, 5.41) is 20.0. The van der Waals surface area contributed by atoms with Crippen molar-refractivity contribution < 1.29 is 5.11 Å². The zero-order valence-electron chi connectivity index (χ0n) is 6.58. The van der Waals surface area contributed by atoms with Crippen molar-refractivity contribution in [1.82, 2.24) is 5.32 Å². The molecule has 0 amide bonds. The molecule has 0 aromatic carbocycles. The first-order valence-electron chi connectivity index (χ1n) is 3.67. The molecule has 2 N–H and O–H groups in total. The predicted octanol–water partition coefficient (Wildman–Crippen LogP) is 0.702. The average molecular weight is 182 g/mol. The molecule has 0 saturated carbocycles. The maximum atomic E-state index is 8.52. The third kappa shape index (κ3) is 2.62. The molecule has 0 fully saturated rings. The summed E-state index contributed by atoms with van der Waals surface area (Å²) >= 11 is 1.48. The van der Waals surface area contributed by atoms with Gasteiger partial charge in [-0.3, -0.25) is 0 Å². The minimum atomic E-state index is 0.149. The average Bonchev–Trinajstić information content (AvgIpc) is 2.53. The molecule has 1 rings (SSSR count). The van der Waals surface area contributed by atoms with E-state index >= 15 is 0 Å². The summed E-state index contributed by atoms with van der Waals surface area (Å²) in [6.07, 6.45) is 0. The van der Waals surface area contributed by atoms with Crippen molar-refractivity contribution in [2.75, 3.05) is 13.2 Å². The van der Waals surface area contributed by atoms with Crippen LogP contribution in [0.5, 0.6) is 0 Å². The van der Waals surface area contributed by atoms with Crippen LogP contribution >= 0.6 is 11.3 Å². The van der Waals surface area contributed by atoms with Crippen LogP contribution in [-0.2, 0) is 6.54 Å². The molecule has 4 heteroatoms. The minimum absolute atomic E-state index is 0.149. The number of nitriles is 1. The lowest BCUT2D eigenvalue weighted by Gasteiger charge is -1.97. The SMILES string of the molecule is N#Cc1ccc(CNCCO)s1. The first-order chi connectivity index (χ1) is 5.86. The first-order valence-corrected chi connectivity index (χ1v) is 4.49.